The Morgan fingerprint density at radius 3 is 2.10 bits per heavy atom. The topological polar surface area (TPSA) is 157 Å². The minimum atomic E-state index is -3.53. The van der Waals surface area contributed by atoms with Crippen LogP contribution in [0.5, 0.6) is 0 Å². The Bertz CT molecular complexity index is 1380. The predicted octanol–water partition coefficient (Wildman–Crippen LogP) is 2.64. The van der Waals surface area contributed by atoms with Gasteiger partial charge in [0.05, 0.1) is 6.26 Å². The summed E-state index contributed by atoms with van der Waals surface area (Å²) in [6.07, 6.45) is -1.82. The molecule has 4 atom stereocenters. The number of carbonyl (C=O) groups is 4. The normalized spacial score (nSPS) is 17.5. The smallest absolute Gasteiger partial charge is 0.315 e. The number of nitrogens with zero attached hydrogens (tertiary/aromatic N) is 2. The van der Waals surface area contributed by atoms with Gasteiger partial charge < -0.3 is 26.2 Å². The zero-order valence-corrected chi connectivity index (χ0v) is 29.8. The standard InChI is InChI=1S/C32H51F3N6O6S/c1-31(2,3)24(19-40(7)48(8,46)47)38-30(45)39-26(32(4,5)6)29(44)41-17-9-10-23(41)28(43)37-22(18-25(34)35)27(42)36-16-15-20-11-13-21(33)14-12-20/h11-14,22-26H,9-10,15-19H2,1-8H3,(H,36,42)(H,37,43)(H2,38,39,45)/t22-,23-,24+,26+/m0/s1. The zero-order chi connectivity index (χ0) is 36.6. The van der Waals surface area contributed by atoms with Crippen molar-refractivity contribution in [3.8, 4) is 0 Å². The first-order valence-electron chi connectivity index (χ1n) is 15.9. The molecule has 0 bridgehead atoms. The van der Waals surface area contributed by atoms with Gasteiger partial charge in [-0.05, 0) is 47.8 Å². The fourth-order valence-electron chi connectivity index (χ4n) is 5.16. The van der Waals surface area contributed by atoms with E-state index in [4.69, 9.17) is 0 Å². The summed E-state index contributed by atoms with van der Waals surface area (Å²) in [6, 6.07) is 0.514. The highest BCUT2D eigenvalue weighted by atomic mass is 32.2. The number of urea groups is 1. The second kappa shape index (κ2) is 16.8. The largest absolute Gasteiger partial charge is 0.354 e. The molecule has 0 aliphatic carbocycles. The van der Waals surface area contributed by atoms with Crippen molar-refractivity contribution in [2.75, 3.05) is 32.9 Å². The number of rotatable bonds is 14. The zero-order valence-electron chi connectivity index (χ0n) is 29.0. The Balaban J connectivity index is 2.15. The van der Waals surface area contributed by atoms with E-state index in [1.807, 2.05) is 20.8 Å². The van der Waals surface area contributed by atoms with Crippen LogP contribution < -0.4 is 21.3 Å². The van der Waals surface area contributed by atoms with E-state index in [0.29, 0.717) is 12.8 Å². The van der Waals surface area contributed by atoms with E-state index >= 15 is 0 Å². The van der Waals surface area contributed by atoms with Crippen LogP contribution in [0.1, 0.15) is 66.4 Å². The highest BCUT2D eigenvalue weighted by molar-refractivity contribution is 7.88. The van der Waals surface area contributed by atoms with Crippen molar-refractivity contribution >= 4 is 33.8 Å². The number of sulfonamides is 1. The predicted molar refractivity (Wildman–Crippen MR) is 176 cm³/mol. The third kappa shape index (κ3) is 12.6. The fraction of sp³-hybridized carbons (Fsp3) is 0.688. The molecule has 1 saturated heterocycles. The lowest BCUT2D eigenvalue weighted by atomic mass is 9.85. The van der Waals surface area contributed by atoms with E-state index in [2.05, 4.69) is 21.3 Å². The molecule has 0 radical (unpaired) electrons. The van der Waals surface area contributed by atoms with Gasteiger partial charge in [0.1, 0.15) is 23.9 Å². The Hall–Kier alpha value is -3.40. The number of benzene rings is 1. The van der Waals surface area contributed by atoms with Crippen LogP contribution in [-0.2, 0) is 30.8 Å². The van der Waals surface area contributed by atoms with Crippen LogP contribution in [0, 0.1) is 16.6 Å². The van der Waals surface area contributed by atoms with Gasteiger partial charge in [0.25, 0.3) is 0 Å². The lowest BCUT2D eigenvalue weighted by Crippen LogP contribution is -2.62. The monoisotopic (exact) mass is 704 g/mol. The molecule has 4 N–H and O–H groups in total. The van der Waals surface area contributed by atoms with Crippen molar-refractivity contribution in [3.63, 3.8) is 0 Å². The quantitative estimate of drug-likeness (QED) is 0.233. The molecule has 2 rings (SSSR count). The number of halogens is 3. The minimum Gasteiger partial charge on any atom is -0.354 e. The van der Waals surface area contributed by atoms with Crippen molar-refractivity contribution in [2.45, 2.75) is 97.8 Å². The fourth-order valence-corrected chi connectivity index (χ4v) is 5.58. The molecule has 272 valence electrons. The molecule has 1 aromatic carbocycles. The second-order valence-electron chi connectivity index (χ2n) is 14.4. The maximum atomic E-state index is 13.9. The van der Waals surface area contributed by atoms with E-state index < -0.39 is 87.4 Å². The number of nitrogens with one attached hydrogen (secondary N) is 4. The van der Waals surface area contributed by atoms with Gasteiger partial charge >= 0.3 is 6.03 Å². The van der Waals surface area contributed by atoms with E-state index in [1.54, 1.807) is 20.8 Å². The average molecular weight is 705 g/mol. The number of hydrogen-bond acceptors (Lipinski definition) is 6. The summed E-state index contributed by atoms with van der Waals surface area (Å²) in [4.78, 5) is 54.7. The molecule has 0 unspecified atom stereocenters. The van der Waals surface area contributed by atoms with Crippen molar-refractivity contribution in [1.29, 1.82) is 0 Å². The summed E-state index contributed by atoms with van der Waals surface area (Å²) in [6.45, 7) is 10.9. The van der Waals surface area contributed by atoms with Gasteiger partial charge in [-0.25, -0.2) is 30.7 Å². The molecular formula is C32H51F3N6O6S. The molecule has 1 heterocycles. The molecule has 16 heteroatoms. The molecule has 48 heavy (non-hydrogen) atoms. The Morgan fingerprint density at radius 2 is 1.58 bits per heavy atom. The van der Waals surface area contributed by atoms with Gasteiger partial charge in [-0.3, -0.25) is 14.4 Å². The van der Waals surface area contributed by atoms with Crippen LogP contribution >= 0.6 is 0 Å². The van der Waals surface area contributed by atoms with Crippen molar-refractivity contribution in [3.05, 3.63) is 35.6 Å². The van der Waals surface area contributed by atoms with Crippen molar-refractivity contribution in [2.24, 2.45) is 10.8 Å². The van der Waals surface area contributed by atoms with Crippen molar-refractivity contribution < 1.29 is 40.8 Å². The first kappa shape index (κ1) is 40.8. The molecule has 12 nitrogen and oxygen atoms in total. The minimum absolute atomic E-state index is 0.0160. The van der Waals surface area contributed by atoms with Gasteiger partial charge in [0.2, 0.25) is 34.2 Å². The number of amides is 5. The van der Waals surface area contributed by atoms with Gasteiger partial charge in [0.15, 0.2) is 0 Å². The molecule has 0 spiro atoms. The third-order valence-corrected chi connectivity index (χ3v) is 9.54. The van der Waals surface area contributed by atoms with Gasteiger partial charge in [0, 0.05) is 39.1 Å². The molecule has 5 amide bonds. The molecule has 0 aromatic heterocycles. The maximum Gasteiger partial charge on any atom is 0.315 e. The van der Waals surface area contributed by atoms with Gasteiger partial charge in [-0.2, -0.15) is 0 Å². The number of alkyl halides is 2. The van der Waals surface area contributed by atoms with Crippen LogP contribution in [0.25, 0.3) is 0 Å². The van der Waals surface area contributed by atoms with Crippen LogP contribution in [0.4, 0.5) is 18.0 Å². The summed E-state index contributed by atoms with van der Waals surface area (Å²) in [5.74, 6) is -2.57. The molecule has 1 fully saturated rings. The van der Waals surface area contributed by atoms with Gasteiger partial charge in [-0.15, -0.1) is 0 Å². The lowest BCUT2D eigenvalue weighted by Gasteiger charge is -2.37. The molecule has 1 aromatic rings. The van der Waals surface area contributed by atoms with Crippen molar-refractivity contribution in [1.82, 2.24) is 30.5 Å². The molecular weight excluding hydrogens is 653 g/mol. The van der Waals surface area contributed by atoms with Crippen LogP contribution in [0.15, 0.2) is 24.3 Å². The molecule has 1 aliphatic rings. The second-order valence-corrected chi connectivity index (χ2v) is 16.5. The molecule has 0 saturated carbocycles. The van der Waals surface area contributed by atoms with E-state index in [9.17, 15) is 40.8 Å². The summed E-state index contributed by atoms with van der Waals surface area (Å²) in [5.41, 5.74) is -0.670. The Kier molecular flexibility index (Phi) is 14.3. The van der Waals surface area contributed by atoms with Gasteiger partial charge in [-0.1, -0.05) is 53.7 Å². The Labute approximate surface area is 282 Å². The number of carbonyl (C=O) groups excluding carboxylic acids is 4. The first-order chi connectivity index (χ1) is 22.0. The number of hydrogen-bond donors (Lipinski definition) is 4. The SMILES string of the molecule is CN(C[C@@H](NC(=O)N[C@H](C(=O)N1CCC[C@H]1C(=O)N[C@@H](CC(F)F)C(=O)NCCc1ccc(F)cc1)C(C)(C)C)C(C)(C)C)S(C)(=O)=O. The first-order valence-corrected chi connectivity index (χ1v) is 17.7. The molecule has 1 aliphatic heterocycles. The van der Waals surface area contributed by atoms with Crippen LogP contribution in [-0.4, -0.2) is 105 Å². The lowest BCUT2D eigenvalue weighted by molar-refractivity contribution is -0.142. The Morgan fingerprint density at radius 1 is 0.979 bits per heavy atom. The highest BCUT2D eigenvalue weighted by Crippen LogP contribution is 2.27. The maximum absolute atomic E-state index is 13.9. The third-order valence-electron chi connectivity index (χ3n) is 8.26. The van der Waals surface area contributed by atoms with E-state index in [0.717, 1.165) is 16.1 Å². The summed E-state index contributed by atoms with van der Waals surface area (Å²) in [7, 11) is -2.13. The van der Waals surface area contributed by atoms with E-state index in [1.165, 1.54) is 36.2 Å². The highest BCUT2D eigenvalue weighted by Gasteiger charge is 2.43. The van der Waals surface area contributed by atoms with E-state index in [-0.39, 0.29) is 26.1 Å². The number of likely N-dealkylation sites (N-methyl/N-ethyl adjacent to an activating group) is 1. The summed E-state index contributed by atoms with van der Waals surface area (Å²) >= 11 is 0. The van der Waals surface area contributed by atoms with Crippen LogP contribution in [0.2, 0.25) is 0 Å². The van der Waals surface area contributed by atoms with Crippen LogP contribution in [0.3, 0.4) is 0 Å². The average Bonchev–Trinajstić information content (AvgIpc) is 3.44. The summed E-state index contributed by atoms with van der Waals surface area (Å²) in [5, 5.41) is 10.4. The number of likely N-dealkylation sites (tertiary alicyclic amines) is 1. The summed E-state index contributed by atoms with van der Waals surface area (Å²) < 4.78 is 65.2.